The van der Waals surface area contributed by atoms with Gasteiger partial charge in [-0.25, -0.2) is 4.98 Å². The van der Waals surface area contributed by atoms with E-state index in [1.807, 2.05) is 24.3 Å². The lowest BCUT2D eigenvalue weighted by Gasteiger charge is -2.14. The molecule has 0 saturated heterocycles. The Morgan fingerprint density at radius 2 is 1.94 bits per heavy atom. The third-order valence-electron chi connectivity index (χ3n) is 3.43. The molecule has 1 saturated carbocycles. The molecule has 0 atom stereocenters. The van der Waals surface area contributed by atoms with Gasteiger partial charge in [0.05, 0.1) is 0 Å². The highest BCUT2D eigenvalue weighted by Crippen LogP contribution is 2.31. The van der Waals surface area contributed by atoms with E-state index in [2.05, 4.69) is 11.1 Å². The van der Waals surface area contributed by atoms with Crippen LogP contribution in [0.1, 0.15) is 38.0 Å². The van der Waals surface area contributed by atoms with Gasteiger partial charge in [-0.1, -0.05) is 18.6 Å². The Bertz CT molecular complexity index is 605. The van der Waals surface area contributed by atoms with Crippen LogP contribution in [0.5, 0.6) is 0 Å². The lowest BCUT2D eigenvalue weighted by molar-refractivity contribution is 0.573. The highest BCUT2D eigenvalue weighted by molar-refractivity contribution is 5.80. The number of rotatable bonds is 1. The summed E-state index contributed by atoms with van der Waals surface area (Å²) in [7, 11) is 0. The lowest BCUT2D eigenvalue weighted by atomic mass is 9.91. The van der Waals surface area contributed by atoms with Crippen molar-refractivity contribution in [3.8, 4) is 6.07 Å². The van der Waals surface area contributed by atoms with E-state index in [0.717, 1.165) is 23.9 Å². The van der Waals surface area contributed by atoms with E-state index in [1.54, 1.807) is 0 Å². The van der Waals surface area contributed by atoms with Crippen molar-refractivity contribution in [3.05, 3.63) is 35.7 Å². The number of oxazole rings is 1. The number of hydrogen-bond donors (Lipinski definition) is 0. The molecule has 0 spiro atoms. The molecule has 18 heavy (non-hydrogen) atoms. The SMILES string of the molecule is N#CC(=C1CCCCC1)c1nc2ccccc2o1. The van der Waals surface area contributed by atoms with Crippen molar-refractivity contribution in [1.82, 2.24) is 4.98 Å². The van der Waals surface area contributed by atoms with Gasteiger partial charge in [0.15, 0.2) is 5.58 Å². The van der Waals surface area contributed by atoms with Gasteiger partial charge in [0.25, 0.3) is 0 Å². The Morgan fingerprint density at radius 1 is 1.17 bits per heavy atom. The summed E-state index contributed by atoms with van der Waals surface area (Å²) in [6.07, 6.45) is 5.60. The number of hydrogen-bond acceptors (Lipinski definition) is 3. The van der Waals surface area contributed by atoms with Gasteiger partial charge in [-0.3, -0.25) is 0 Å². The maximum Gasteiger partial charge on any atom is 0.238 e. The highest BCUT2D eigenvalue weighted by atomic mass is 16.3. The standard InChI is InChI=1S/C15H14N2O/c16-10-12(11-6-2-1-3-7-11)15-17-13-8-4-5-9-14(13)18-15/h4-5,8-9H,1-3,6-7H2. The van der Waals surface area contributed by atoms with Crippen LogP contribution in [0.3, 0.4) is 0 Å². The zero-order valence-electron chi connectivity index (χ0n) is 10.1. The van der Waals surface area contributed by atoms with Gasteiger partial charge >= 0.3 is 0 Å². The fourth-order valence-corrected chi connectivity index (χ4v) is 2.49. The molecule has 0 aliphatic heterocycles. The first-order valence-corrected chi connectivity index (χ1v) is 6.36. The summed E-state index contributed by atoms with van der Waals surface area (Å²) in [6, 6.07) is 9.90. The summed E-state index contributed by atoms with van der Waals surface area (Å²) in [5, 5.41) is 9.35. The highest BCUT2D eigenvalue weighted by Gasteiger charge is 2.17. The molecule has 1 aliphatic carbocycles. The zero-order chi connectivity index (χ0) is 12.4. The lowest BCUT2D eigenvalue weighted by Crippen LogP contribution is -1.97. The minimum Gasteiger partial charge on any atom is -0.435 e. The second kappa shape index (κ2) is 4.66. The van der Waals surface area contributed by atoms with Crippen LogP contribution >= 0.6 is 0 Å². The molecule has 0 N–H and O–H groups in total. The molecule has 1 aliphatic rings. The van der Waals surface area contributed by atoms with Crippen molar-refractivity contribution in [2.75, 3.05) is 0 Å². The number of allylic oxidation sites excluding steroid dienone is 2. The van der Waals surface area contributed by atoms with Gasteiger partial charge < -0.3 is 4.42 Å². The third-order valence-corrected chi connectivity index (χ3v) is 3.43. The number of aromatic nitrogens is 1. The molecule has 0 bridgehead atoms. The number of nitriles is 1. The van der Waals surface area contributed by atoms with E-state index < -0.39 is 0 Å². The quantitative estimate of drug-likeness (QED) is 0.703. The van der Waals surface area contributed by atoms with Crippen LogP contribution in [0.25, 0.3) is 16.7 Å². The molecule has 2 aromatic rings. The molecule has 1 fully saturated rings. The Kier molecular flexibility index (Phi) is 2.85. The smallest absolute Gasteiger partial charge is 0.238 e. The number of fused-ring (bicyclic) bond motifs is 1. The Labute approximate surface area is 106 Å². The molecule has 3 heteroatoms. The molecule has 1 heterocycles. The Hall–Kier alpha value is -2.08. The van der Waals surface area contributed by atoms with Crippen LogP contribution in [0.15, 0.2) is 34.3 Å². The minimum absolute atomic E-state index is 0.482. The average molecular weight is 238 g/mol. The summed E-state index contributed by atoms with van der Waals surface area (Å²) in [5.41, 5.74) is 3.41. The van der Waals surface area contributed by atoms with Crippen molar-refractivity contribution in [2.45, 2.75) is 32.1 Å². The fraction of sp³-hybridized carbons (Fsp3) is 0.333. The zero-order valence-corrected chi connectivity index (χ0v) is 10.1. The first kappa shape index (κ1) is 11.0. The van der Waals surface area contributed by atoms with Crippen LogP contribution in [0.2, 0.25) is 0 Å². The van der Waals surface area contributed by atoms with E-state index >= 15 is 0 Å². The molecule has 0 unspecified atom stereocenters. The molecule has 3 rings (SSSR count). The van der Waals surface area contributed by atoms with Crippen LogP contribution < -0.4 is 0 Å². The maximum absolute atomic E-state index is 9.35. The molecule has 90 valence electrons. The molecule has 1 aromatic carbocycles. The fourth-order valence-electron chi connectivity index (χ4n) is 2.49. The van der Waals surface area contributed by atoms with Gasteiger partial charge in [-0.2, -0.15) is 5.26 Å². The second-order valence-corrected chi connectivity index (χ2v) is 4.64. The number of benzene rings is 1. The number of para-hydroxylation sites is 2. The van der Waals surface area contributed by atoms with E-state index in [0.29, 0.717) is 11.5 Å². The summed E-state index contributed by atoms with van der Waals surface area (Å²) in [5.74, 6) is 0.482. The normalized spacial score (nSPS) is 15.6. The van der Waals surface area contributed by atoms with Crippen LogP contribution in [-0.4, -0.2) is 4.98 Å². The monoisotopic (exact) mass is 238 g/mol. The van der Waals surface area contributed by atoms with Gasteiger partial charge in [0, 0.05) is 0 Å². The van der Waals surface area contributed by atoms with Crippen molar-refractivity contribution in [2.24, 2.45) is 0 Å². The molecule has 0 amide bonds. The Balaban J connectivity index is 2.08. The van der Waals surface area contributed by atoms with E-state index in [1.165, 1.54) is 24.8 Å². The maximum atomic E-state index is 9.35. The van der Waals surface area contributed by atoms with Gasteiger partial charge in [-0.15, -0.1) is 0 Å². The van der Waals surface area contributed by atoms with Crippen molar-refractivity contribution >= 4 is 16.7 Å². The summed E-state index contributed by atoms with van der Waals surface area (Å²) < 4.78 is 5.68. The van der Waals surface area contributed by atoms with Crippen LogP contribution in [0, 0.1) is 11.3 Å². The first-order valence-electron chi connectivity index (χ1n) is 6.36. The predicted molar refractivity (Wildman–Crippen MR) is 69.6 cm³/mol. The minimum atomic E-state index is 0.482. The van der Waals surface area contributed by atoms with Gasteiger partial charge in [-0.05, 0) is 43.4 Å². The average Bonchev–Trinajstić information content (AvgIpc) is 2.84. The van der Waals surface area contributed by atoms with Gasteiger partial charge in [0.2, 0.25) is 5.89 Å². The summed E-state index contributed by atoms with van der Waals surface area (Å²) >= 11 is 0. The molecular formula is C15H14N2O. The van der Waals surface area contributed by atoms with Crippen LogP contribution in [0.4, 0.5) is 0 Å². The first-order chi connectivity index (χ1) is 8.88. The summed E-state index contributed by atoms with van der Waals surface area (Å²) in [6.45, 7) is 0. The van der Waals surface area contributed by atoms with Crippen molar-refractivity contribution in [3.63, 3.8) is 0 Å². The summed E-state index contributed by atoms with van der Waals surface area (Å²) in [4.78, 5) is 4.41. The molecule has 0 radical (unpaired) electrons. The topological polar surface area (TPSA) is 49.8 Å². The molecular weight excluding hydrogens is 224 g/mol. The van der Waals surface area contributed by atoms with E-state index in [9.17, 15) is 5.26 Å². The molecule has 1 aromatic heterocycles. The second-order valence-electron chi connectivity index (χ2n) is 4.64. The largest absolute Gasteiger partial charge is 0.435 e. The predicted octanol–water partition coefficient (Wildman–Crippen LogP) is 4.07. The Morgan fingerprint density at radius 3 is 2.67 bits per heavy atom. The van der Waals surface area contributed by atoms with E-state index in [-0.39, 0.29) is 0 Å². The third kappa shape index (κ3) is 1.91. The number of nitrogens with zero attached hydrogens (tertiary/aromatic N) is 2. The van der Waals surface area contributed by atoms with Crippen molar-refractivity contribution in [1.29, 1.82) is 5.26 Å². The molecule has 3 nitrogen and oxygen atoms in total. The van der Waals surface area contributed by atoms with Crippen LogP contribution in [-0.2, 0) is 0 Å². The van der Waals surface area contributed by atoms with Crippen molar-refractivity contribution < 1.29 is 4.42 Å². The van der Waals surface area contributed by atoms with Gasteiger partial charge in [0.1, 0.15) is 17.2 Å². The van der Waals surface area contributed by atoms with E-state index in [4.69, 9.17) is 4.42 Å².